The van der Waals surface area contributed by atoms with Crippen LogP contribution in [0.15, 0.2) is 48.6 Å². The normalized spacial score (nSPS) is 12.6. The number of esters is 2. The van der Waals surface area contributed by atoms with Crippen molar-refractivity contribution in [2.24, 2.45) is 0 Å². The summed E-state index contributed by atoms with van der Waals surface area (Å²) in [5.74, 6) is -0.585. The van der Waals surface area contributed by atoms with Crippen molar-refractivity contribution in [2.75, 3.05) is 13.2 Å². The maximum Gasteiger partial charge on any atom is 0.306 e. The molecule has 0 amide bonds. The molecular formula is C48H86O5. The quantitative estimate of drug-likeness (QED) is 0.0384. The number of hydrogen-bond donors (Lipinski definition) is 1. The lowest BCUT2D eigenvalue weighted by Crippen LogP contribution is -2.28. The zero-order valence-electron chi connectivity index (χ0n) is 35.0. The fraction of sp³-hybridized carbons (Fsp3) is 0.792. The van der Waals surface area contributed by atoms with Crippen LogP contribution in [0.5, 0.6) is 0 Å². The Labute approximate surface area is 328 Å². The first-order chi connectivity index (χ1) is 26.1. The number of carbonyl (C=O) groups excluding carboxylic acids is 2. The van der Waals surface area contributed by atoms with Crippen LogP contribution in [-0.4, -0.2) is 36.4 Å². The van der Waals surface area contributed by atoms with Crippen LogP contribution in [-0.2, 0) is 19.1 Å². The zero-order chi connectivity index (χ0) is 38.6. The Morgan fingerprint density at radius 1 is 0.453 bits per heavy atom. The SMILES string of the molecule is CC/C=C\C/C=C\C/C=C\C/C=C\CCCCCCCCCCCCCCCCC(=O)OC(CO)COC(=O)CCCCCCCCCCCCCC. The van der Waals surface area contributed by atoms with Crippen molar-refractivity contribution in [3.63, 3.8) is 0 Å². The summed E-state index contributed by atoms with van der Waals surface area (Å²) in [5.41, 5.74) is 0. The molecule has 0 heterocycles. The number of aliphatic hydroxyl groups excluding tert-OH is 1. The summed E-state index contributed by atoms with van der Waals surface area (Å²) in [6, 6.07) is 0. The summed E-state index contributed by atoms with van der Waals surface area (Å²) in [5, 5.41) is 9.58. The first kappa shape index (κ1) is 50.9. The van der Waals surface area contributed by atoms with Gasteiger partial charge in [0.05, 0.1) is 6.61 Å². The second-order valence-corrected chi connectivity index (χ2v) is 15.1. The number of ether oxygens (including phenoxy) is 2. The molecule has 5 heteroatoms. The fourth-order valence-corrected chi connectivity index (χ4v) is 6.49. The number of allylic oxidation sites excluding steroid dienone is 8. The van der Waals surface area contributed by atoms with E-state index in [1.54, 1.807) is 0 Å². The molecule has 0 fully saturated rings. The van der Waals surface area contributed by atoms with Crippen LogP contribution in [0.1, 0.15) is 226 Å². The minimum atomic E-state index is -0.768. The van der Waals surface area contributed by atoms with Crippen molar-refractivity contribution in [3.05, 3.63) is 48.6 Å². The molecule has 0 rings (SSSR count). The smallest absolute Gasteiger partial charge is 0.306 e. The van der Waals surface area contributed by atoms with Crippen molar-refractivity contribution in [2.45, 2.75) is 232 Å². The van der Waals surface area contributed by atoms with Gasteiger partial charge in [-0.2, -0.15) is 0 Å². The molecule has 53 heavy (non-hydrogen) atoms. The van der Waals surface area contributed by atoms with E-state index >= 15 is 0 Å². The van der Waals surface area contributed by atoms with Crippen LogP contribution in [0, 0.1) is 0 Å². The molecule has 0 aliphatic rings. The van der Waals surface area contributed by atoms with E-state index < -0.39 is 6.10 Å². The molecule has 0 radical (unpaired) electrons. The third-order valence-corrected chi connectivity index (χ3v) is 9.89. The molecule has 0 aromatic heterocycles. The highest BCUT2D eigenvalue weighted by Crippen LogP contribution is 2.15. The van der Waals surface area contributed by atoms with Gasteiger partial charge in [0.1, 0.15) is 6.61 Å². The molecular weight excluding hydrogens is 657 g/mol. The summed E-state index contributed by atoms with van der Waals surface area (Å²) in [7, 11) is 0. The predicted octanol–water partition coefficient (Wildman–Crippen LogP) is 14.6. The Morgan fingerprint density at radius 2 is 0.811 bits per heavy atom. The lowest BCUT2D eigenvalue weighted by molar-refractivity contribution is -0.161. The van der Waals surface area contributed by atoms with Crippen molar-refractivity contribution >= 4 is 11.9 Å². The molecule has 0 aromatic carbocycles. The van der Waals surface area contributed by atoms with Crippen LogP contribution >= 0.6 is 0 Å². The lowest BCUT2D eigenvalue weighted by Gasteiger charge is -2.15. The van der Waals surface area contributed by atoms with Gasteiger partial charge < -0.3 is 14.6 Å². The number of unbranched alkanes of at least 4 members (excludes halogenated alkanes) is 25. The maximum atomic E-state index is 12.2. The molecule has 0 aliphatic heterocycles. The molecule has 1 atom stereocenters. The Balaban J connectivity index is 3.48. The van der Waals surface area contributed by atoms with E-state index in [4.69, 9.17) is 9.47 Å². The average Bonchev–Trinajstić information content (AvgIpc) is 3.16. The van der Waals surface area contributed by atoms with E-state index in [1.807, 2.05) is 0 Å². The van der Waals surface area contributed by atoms with Gasteiger partial charge in [-0.1, -0.05) is 210 Å². The summed E-state index contributed by atoms with van der Waals surface area (Å²) in [4.78, 5) is 24.3. The van der Waals surface area contributed by atoms with Crippen molar-refractivity contribution in [1.29, 1.82) is 0 Å². The highest BCUT2D eigenvalue weighted by Gasteiger charge is 2.16. The van der Waals surface area contributed by atoms with Crippen LogP contribution < -0.4 is 0 Å². The van der Waals surface area contributed by atoms with E-state index in [-0.39, 0.29) is 25.2 Å². The molecule has 0 aliphatic carbocycles. The number of carbonyl (C=O) groups is 2. The molecule has 0 bridgehead atoms. The molecule has 0 aromatic rings. The topological polar surface area (TPSA) is 72.8 Å². The Kier molecular flexibility index (Phi) is 42.5. The van der Waals surface area contributed by atoms with Crippen molar-refractivity contribution in [3.8, 4) is 0 Å². The summed E-state index contributed by atoms with van der Waals surface area (Å²) in [6.07, 6.45) is 56.2. The van der Waals surface area contributed by atoms with E-state index in [0.717, 1.165) is 64.2 Å². The largest absolute Gasteiger partial charge is 0.462 e. The monoisotopic (exact) mass is 743 g/mol. The van der Waals surface area contributed by atoms with Gasteiger partial charge in [0.2, 0.25) is 0 Å². The van der Waals surface area contributed by atoms with Gasteiger partial charge in [-0.05, 0) is 51.4 Å². The third-order valence-electron chi connectivity index (χ3n) is 9.89. The molecule has 1 unspecified atom stereocenters. The highest BCUT2D eigenvalue weighted by molar-refractivity contribution is 5.70. The predicted molar refractivity (Wildman–Crippen MR) is 228 cm³/mol. The minimum absolute atomic E-state index is 0.0629. The van der Waals surface area contributed by atoms with Gasteiger partial charge in [-0.3, -0.25) is 9.59 Å². The Morgan fingerprint density at radius 3 is 1.23 bits per heavy atom. The highest BCUT2D eigenvalue weighted by atomic mass is 16.6. The zero-order valence-corrected chi connectivity index (χ0v) is 35.0. The van der Waals surface area contributed by atoms with Gasteiger partial charge in [0, 0.05) is 12.8 Å². The van der Waals surface area contributed by atoms with E-state index in [0.29, 0.717) is 12.8 Å². The molecule has 0 spiro atoms. The van der Waals surface area contributed by atoms with Crippen molar-refractivity contribution in [1.82, 2.24) is 0 Å². The van der Waals surface area contributed by atoms with E-state index in [2.05, 4.69) is 62.5 Å². The number of aliphatic hydroxyl groups is 1. The van der Waals surface area contributed by atoms with Crippen molar-refractivity contribution < 1.29 is 24.2 Å². The first-order valence-electron chi connectivity index (χ1n) is 22.7. The second kappa shape index (κ2) is 44.3. The lowest BCUT2D eigenvalue weighted by atomic mass is 10.0. The van der Waals surface area contributed by atoms with Gasteiger partial charge in [0.15, 0.2) is 6.10 Å². The first-order valence-corrected chi connectivity index (χ1v) is 22.7. The maximum absolute atomic E-state index is 12.2. The van der Waals surface area contributed by atoms with E-state index in [1.165, 1.54) is 135 Å². The molecule has 0 saturated carbocycles. The summed E-state index contributed by atoms with van der Waals surface area (Å²) in [6.45, 7) is 4.03. The molecule has 1 N–H and O–H groups in total. The van der Waals surface area contributed by atoms with Gasteiger partial charge in [-0.15, -0.1) is 0 Å². The van der Waals surface area contributed by atoms with Gasteiger partial charge in [-0.25, -0.2) is 0 Å². The van der Waals surface area contributed by atoms with Gasteiger partial charge in [0.25, 0.3) is 0 Å². The summed E-state index contributed by atoms with van der Waals surface area (Å²) >= 11 is 0. The van der Waals surface area contributed by atoms with Crippen LogP contribution in [0.3, 0.4) is 0 Å². The average molecular weight is 743 g/mol. The van der Waals surface area contributed by atoms with Gasteiger partial charge >= 0.3 is 11.9 Å². The number of hydrogen-bond acceptors (Lipinski definition) is 5. The van der Waals surface area contributed by atoms with Crippen LogP contribution in [0.25, 0.3) is 0 Å². The standard InChI is InChI=1S/C48H86O5/c1-3-5-7-9-11-13-15-17-18-19-20-21-22-23-24-25-26-27-28-29-30-31-33-35-37-39-41-43-48(51)53-46(44-49)45-52-47(50)42-40-38-36-34-32-16-14-12-10-8-6-4-2/h5,7,11,13,17-18,20-21,46,49H,3-4,6,8-10,12,14-16,19,22-45H2,1-2H3/b7-5-,13-11-,18-17-,21-20-. The minimum Gasteiger partial charge on any atom is -0.462 e. The fourth-order valence-electron chi connectivity index (χ4n) is 6.49. The molecule has 0 saturated heterocycles. The Bertz CT molecular complexity index is 888. The van der Waals surface area contributed by atoms with E-state index in [9.17, 15) is 14.7 Å². The third kappa shape index (κ3) is 42.5. The van der Waals surface area contributed by atoms with Crippen LogP contribution in [0.4, 0.5) is 0 Å². The summed E-state index contributed by atoms with van der Waals surface area (Å²) < 4.78 is 10.6. The second-order valence-electron chi connectivity index (χ2n) is 15.1. The number of rotatable bonds is 41. The molecule has 5 nitrogen and oxygen atoms in total. The van der Waals surface area contributed by atoms with Crippen LogP contribution in [0.2, 0.25) is 0 Å². The molecule has 308 valence electrons. The Hall–Kier alpha value is -2.14.